The summed E-state index contributed by atoms with van der Waals surface area (Å²) in [6.45, 7) is 0.391. The van der Waals surface area contributed by atoms with Gasteiger partial charge in [0.15, 0.2) is 5.78 Å². The van der Waals surface area contributed by atoms with E-state index in [1.807, 2.05) is 18.4 Å². The number of rotatable bonds is 3. The largest absolute Gasteiger partial charge is 0.530 e. The summed E-state index contributed by atoms with van der Waals surface area (Å²) in [4.78, 5) is 25.7. The Hall–Kier alpha value is -1.49. The van der Waals surface area contributed by atoms with Gasteiger partial charge in [-0.05, 0) is 37.7 Å². The van der Waals surface area contributed by atoms with Crippen LogP contribution in [0, 0.1) is 0 Å². The van der Waals surface area contributed by atoms with Gasteiger partial charge in [0.05, 0.1) is 6.04 Å². The Labute approximate surface area is 116 Å². The number of Topliss-reactive ketones (excluding diaryl/α,β-unsaturated/α-hetero) is 1. The molecule has 0 N–H and O–H groups in total. The van der Waals surface area contributed by atoms with Crippen molar-refractivity contribution in [2.45, 2.75) is 30.2 Å². The number of carbonyl (C=O) groups excluding carboxylic acids is 2. The molecule has 1 heterocycles. The number of hydrogen-bond donors (Lipinski definition) is 0. The molecule has 0 aliphatic carbocycles. The molecule has 1 saturated heterocycles. The highest BCUT2D eigenvalue weighted by atomic mass is 32.2. The first-order valence-corrected chi connectivity index (χ1v) is 7.52. The second kappa shape index (κ2) is 6.10. The molecule has 0 saturated carbocycles. The van der Waals surface area contributed by atoms with Gasteiger partial charge in [-0.2, -0.15) is 0 Å². The lowest BCUT2D eigenvalue weighted by atomic mass is 9.95. The topological polar surface area (TPSA) is 60.4 Å². The Bertz CT molecular complexity index is 472. The van der Waals surface area contributed by atoms with E-state index in [2.05, 4.69) is 0 Å². The van der Waals surface area contributed by atoms with Crippen LogP contribution in [-0.2, 0) is 0 Å². The smallest absolute Gasteiger partial charge is 0.185 e. The number of amides is 1. The van der Waals surface area contributed by atoms with Gasteiger partial charge in [-0.25, -0.2) is 0 Å². The molecule has 102 valence electrons. The minimum absolute atomic E-state index is 0.128. The summed E-state index contributed by atoms with van der Waals surface area (Å²) in [5.41, 5.74) is 0.566. The van der Waals surface area contributed by atoms with Crippen LogP contribution in [0.15, 0.2) is 29.2 Å². The van der Waals surface area contributed by atoms with Crippen LogP contribution in [-0.4, -0.2) is 35.6 Å². The molecule has 0 aromatic heterocycles. The molecule has 5 heteroatoms. The molecule has 0 radical (unpaired) electrons. The number of likely N-dealkylation sites (tertiary alicyclic amines) is 1. The number of ketones is 1. The van der Waals surface area contributed by atoms with E-state index >= 15 is 0 Å². The number of carboxylic acid groups (broad SMARTS) is 1. The van der Waals surface area contributed by atoms with Crippen molar-refractivity contribution in [3.63, 3.8) is 0 Å². The fourth-order valence-corrected chi connectivity index (χ4v) is 2.78. The third-order valence-electron chi connectivity index (χ3n) is 3.41. The van der Waals surface area contributed by atoms with Crippen LogP contribution in [0.1, 0.15) is 29.6 Å². The van der Waals surface area contributed by atoms with Gasteiger partial charge < -0.3 is 14.8 Å². The summed E-state index contributed by atoms with van der Waals surface area (Å²) in [5, 5.41) is 11.1. The zero-order chi connectivity index (χ0) is 13.8. The lowest BCUT2D eigenvalue weighted by Gasteiger charge is -2.36. The summed E-state index contributed by atoms with van der Waals surface area (Å²) < 4.78 is 0. The maximum Gasteiger partial charge on any atom is 0.185 e. The summed E-state index contributed by atoms with van der Waals surface area (Å²) >= 11 is 1.60. The summed E-state index contributed by atoms with van der Waals surface area (Å²) in [6, 6.07) is 6.69. The van der Waals surface area contributed by atoms with E-state index < -0.39 is 12.1 Å². The number of nitrogens with zero attached hydrogens (tertiary/aromatic N) is 1. The fraction of sp³-hybridized carbons (Fsp3) is 0.429. The molecule has 1 amide bonds. The number of carbonyl (C=O) groups is 2. The molecule has 1 aromatic carbocycles. The highest BCUT2D eigenvalue weighted by Gasteiger charge is 2.29. The third-order valence-corrected chi connectivity index (χ3v) is 4.16. The van der Waals surface area contributed by atoms with Gasteiger partial charge in [0.2, 0.25) is 0 Å². The van der Waals surface area contributed by atoms with Crippen LogP contribution in [0.25, 0.3) is 0 Å². The Kier molecular flexibility index (Phi) is 4.47. The van der Waals surface area contributed by atoms with Crippen molar-refractivity contribution in [1.29, 1.82) is 0 Å². The molecule has 1 aromatic rings. The lowest BCUT2D eigenvalue weighted by molar-refractivity contribution is -0.268. The quantitative estimate of drug-likeness (QED) is 0.624. The monoisotopic (exact) mass is 278 g/mol. The molecule has 1 unspecified atom stereocenters. The molecular weight excluding hydrogens is 262 g/mol. The molecule has 0 spiro atoms. The average molecular weight is 278 g/mol. The Morgan fingerprint density at radius 1 is 1.26 bits per heavy atom. The SMILES string of the molecule is CSc1ccc(C(=O)C2CCCCN2C(=O)[O-])cc1. The van der Waals surface area contributed by atoms with Crippen molar-refractivity contribution in [2.24, 2.45) is 0 Å². The van der Waals surface area contributed by atoms with Gasteiger partial charge in [-0.1, -0.05) is 12.1 Å². The first-order valence-electron chi connectivity index (χ1n) is 6.29. The van der Waals surface area contributed by atoms with Crippen molar-refractivity contribution >= 4 is 23.6 Å². The fourth-order valence-electron chi connectivity index (χ4n) is 2.37. The van der Waals surface area contributed by atoms with Crippen molar-refractivity contribution in [3.05, 3.63) is 29.8 Å². The van der Waals surface area contributed by atoms with Gasteiger partial charge >= 0.3 is 0 Å². The van der Waals surface area contributed by atoms with E-state index in [9.17, 15) is 14.7 Å². The van der Waals surface area contributed by atoms with Crippen molar-refractivity contribution in [1.82, 2.24) is 4.90 Å². The zero-order valence-corrected chi connectivity index (χ0v) is 11.6. The summed E-state index contributed by atoms with van der Waals surface area (Å²) in [5.74, 6) is -0.128. The Balaban J connectivity index is 2.18. The van der Waals surface area contributed by atoms with Crippen LogP contribution >= 0.6 is 11.8 Å². The lowest BCUT2D eigenvalue weighted by Crippen LogP contribution is -2.52. The predicted molar refractivity (Wildman–Crippen MR) is 72.3 cm³/mol. The van der Waals surface area contributed by atoms with Crippen molar-refractivity contribution in [2.75, 3.05) is 12.8 Å². The van der Waals surface area contributed by atoms with Gasteiger partial charge in [0.1, 0.15) is 6.09 Å². The summed E-state index contributed by atoms with van der Waals surface area (Å²) in [7, 11) is 0. The molecule has 0 bridgehead atoms. The van der Waals surface area contributed by atoms with Gasteiger partial charge in [-0.3, -0.25) is 4.79 Å². The normalized spacial score (nSPS) is 19.2. The van der Waals surface area contributed by atoms with Crippen LogP contribution in [0.5, 0.6) is 0 Å². The van der Waals surface area contributed by atoms with Crippen molar-refractivity contribution < 1.29 is 14.7 Å². The van der Waals surface area contributed by atoms with Crippen LogP contribution in [0.4, 0.5) is 4.79 Å². The van der Waals surface area contributed by atoms with E-state index in [1.54, 1.807) is 23.9 Å². The standard InChI is InChI=1S/C14H17NO3S/c1-19-11-7-5-10(6-8-11)13(16)12-4-2-3-9-15(12)14(17)18/h5-8,12H,2-4,9H2,1H3,(H,17,18)/p-1. The van der Waals surface area contributed by atoms with E-state index in [0.29, 0.717) is 18.5 Å². The molecule has 2 rings (SSSR count). The molecule has 1 aliphatic rings. The number of piperidine rings is 1. The first-order chi connectivity index (χ1) is 9.13. The van der Waals surface area contributed by atoms with Crippen molar-refractivity contribution in [3.8, 4) is 0 Å². The highest BCUT2D eigenvalue weighted by molar-refractivity contribution is 7.98. The van der Waals surface area contributed by atoms with Crippen LogP contribution in [0.3, 0.4) is 0 Å². The second-order valence-electron chi connectivity index (χ2n) is 4.56. The predicted octanol–water partition coefficient (Wildman–Crippen LogP) is 1.79. The minimum Gasteiger partial charge on any atom is -0.530 e. The maximum atomic E-state index is 12.4. The van der Waals surface area contributed by atoms with Gasteiger partial charge in [0.25, 0.3) is 0 Å². The van der Waals surface area contributed by atoms with Gasteiger partial charge in [-0.15, -0.1) is 11.8 Å². The van der Waals surface area contributed by atoms with Gasteiger partial charge in [0, 0.05) is 17.0 Å². The number of hydrogen-bond acceptors (Lipinski definition) is 4. The number of thioether (sulfide) groups is 1. The highest BCUT2D eigenvalue weighted by Crippen LogP contribution is 2.22. The van der Waals surface area contributed by atoms with E-state index in [0.717, 1.165) is 22.6 Å². The number of benzene rings is 1. The first kappa shape index (κ1) is 13.9. The Morgan fingerprint density at radius 2 is 1.95 bits per heavy atom. The average Bonchev–Trinajstić information content (AvgIpc) is 2.46. The molecule has 1 fully saturated rings. The molecule has 4 nitrogen and oxygen atoms in total. The van der Waals surface area contributed by atoms with E-state index in [1.165, 1.54) is 0 Å². The second-order valence-corrected chi connectivity index (χ2v) is 5.44. The molecular formula is C14H16NO3S-. The Morgan fingerprint density at radius 3 is 2.53 bits per heavy atom. The minimum atomic E-state index is -1.25. The maximum absolute atomic E-state index is 12.4. The van der Waals surface area contributed by atoms with E-state index in [-0.39, 0.29) is 5.78 Å². The zero-order valence-electron chi connectivity index (χ0n) is 10.8. The van der Waals surface area contributed by atoms with E-state index in [4.69, 9.17) is 0 Å². The van der Waals surface area contributed by atoms with Crippen LogP contribution < -0.4 is 5.11 Å². The molecule has 1 aliphatic heterocycles. The third kappa shape index (κ3) is 3.10. The van der Waals surface area contributed by atoms with Crippen LogP contribution in [0.2, 0.25) is 0 Å². The molecule has 1 atom stereocenters. The summed E-state index contributed by atoms with van der Waals surface area (Å²) in [6.07, 6.45) is 2.97. The molecule has 19 heavy (non-hydrogen) atoms.